The molecule has 2 unspecified atom stereocenters. The largest absolute Gasteiger partial charge is 0.498 e. The fraction of sp³-hybridized carbons (Fsp3) is 0.440. The Balaban J connectivity index is 1.98. The average molecular weight is 477 g/mol. The van der Waals surface area contributed by atoms with Crippen LogP contribution in [0.25, 0.3) is 0 Å². The van der Waals surface area contributed by atoms with Gasteiger partial charge in [0.15, 0.2) is 12.0 Å². The van der Waals surface area contributed by atoms with Gasteiger partial charge in [0.1, 0.15) is 17.3 Å². The first-order chi connectivity index (χ1) is 16.2. The minimum absolute atomic E-state index is 0.0375. The summed E-state index contributed by atoms with van der Waals surface area (Å²) in [5.74, 6) is 0.107. The molecule has 186 valence electrons. The van der Waals surface area contributed by atoms with Crippen molar-refractivity contribution in [3.8, 4) is 5.88 Å². The predicted octanol–water partition coefficient (Wildman–Crippen LogP) is 5.09. The van der Waals surface area contributed by atoms with Crippen molar-refractivity contribution >= 4 is 5.82 Å². The van der Waals surface area contributed by atoms with Gasteiger partial charge < -0.3 is 24.4 Å². The summed E-state index contributed by atoms with van der Waals surface area (Å²) in [6.45, 7) is 4.98. The van der Waals surface area contributed by atoms with Crippen molar-refractivity contribution in [1.82, 2.24) is 14.9 Å². The molecule has 0 aromatic carbocycles. The van der Waals surface area contributed by atoms with Gasteiger partial charge in [-0.1, -0.05) is 18.7 Å². The molecule has 1 aromatic heterocycles. The van der Waals surface area contributed by atoms with Gasteiger partial charge in [0.2, 0.25) is 5.88 Å². The van der Waals surface area contributed by atoms with Crippen LogP contribution < -0.4 is 10.1 Å². The molecular weight excluding hydrogens is 442 g/mol. The van der Waals surface area contributed by atoms with Gasteiger partial charge in [0.05, 0.1) is 33.2 Å². The Morgan fingerprint density at radius 3 is 2.65 bits per heavy atom. The zero-order valence-corrected chi connectivity index (χ0v) is 20.5. The summed E-state index contributed by atoms with van der Waals surface area (Å²) in [7, 11) is 6.79. The zero-order chi connectivity index (χ0) is 25.1. The van der Waals surface area contributed by atoms with E-state index in [1.54, 1.807) is 6.20 Å². The number of nitrogens with one attached hydrogen (secondary N) is 1. The van der Waals surface area contributed by atoms with Crippen molar-refractivity contribution in [3.63, 3.8) is 0 Å². The van der Waals surface area contributed by atoms with Gasteiger partial charge in [-0.3, -0.25) is 0 Å². The minimum atomic E-state index is -1.67. The average Bonchev–Trinajstić information content (AvgIpc) is 3.08. The Hall–Kier alpha value is -3.20. The topological polar surface area (TPSA) is 68.7 Å². The number of methoxy groups -OCH3 is 2. The number of hydrogen-bond donors (Lipinski definition) is 1. The quantitative estimate of drug-likeness (QED) is 0.333. The number of aromatic nitrogens is 2. The third kappa shape index (κ3) is 8.30. The van der Waals surface area contributed by atoms with Crippen molar-refractivity contribution in [2.45, 2.75) is 38.4 Å². The predicted molar refractivity (Wildman–Crippen MR) is 130 cm³/mol. The summed E-state index contributed by atoms with van der Waals surface area (Å²) in [4.78, 5) is 10.8. The lowest BCUT2D eigenvalue weighted by molar-refractivity contribution is 0.228. The SMILES string of the molecule is C=C(OC)C(F)C=C(CCOc1cnc(NC2=CCC(N(C)C)CC=C2)cn1)/C(F)=C(\C)OC. The van der Waals surface area contributed by atoms with E-state index >= 15 is 0 Å². The van der Waals surface area contributed by atoms with Crippen molar-refractivity contribution in [2.24, 2.45) is 0 Å². The molecule has 0 spiro atoms. The molecule has 1 aliphatic rings. The Labute approximate surface area is 200 Å². The van der Waals surface area contributed by atoms with Crippen molar-refractivity contribution in [2.75, 3.05) is 40.2 Å². The smallest absolute Gasteiger partial charge is 0.232 e. The van der Waals surface area contributed by atoms with Crippen LogP contribution in [-0.2, 0) is 9.47 Å². The standard InChI is InChI=1S/C25H34F2N4O3/c1-17(32-5)22(26)14-19(25(27)18(2)33-6)12-13-34-24-16-28-23(15-29-24)30-20-8-7-9-21(11-10-20)31(3)4/h7-8,10,14-16,21-22H,1,9,11-13H2,2-6H3,(H,28,30)/b19-14?,25-18-. The van der Waals surface area contributed by atoms with E-state index in [0.29, 0.717) is 11.9 Å². The highest BCUT2D eigenvalue weighted by Crippen LogP contribution is 2.24. The lowest BCUT2D eigenvalue weighted by atomic mass is 10.1. The summed E-state index contributed by atoms with van der Waals surface area (Å²) < 4.78 is 44.2. The Morgan fingerprint density at radius 2 is 2.03 bits per heavy atom. The van der Waals surface area contributed by atoms with Crippen LogP contribution in [0.3, 0.4) is 0 Å². The lowest BCUT2D eigenvalue weighted by Crippen LogP contribution is -2.26. The van der Waals surface area contributed by atoms with Crippen molar-refractivity contribution < 1.29 is 23.0 Å². The maximum Gasteiger partial charge on any atom is 0.232 e. The van der Waals surface area contributed by atoms with Crippen LogP contribution in [0, 0.1) is 0 Å². The molecule has 1 aromatic rings. The summed E-state index contributed by atoms with van der Waals surface area (Å²) in [5.41, 5.74) is 1.04. The molecule has 0 saturated heterocycles. The van der Waals surface area contributed by atoms with Crippen molar-refractivity contribution in [1.29, 1.82) is 0 Å². The highest BCUT2D eigenvalue weighted by molar-refractivity contribution is 5.44. The van der Waals surface area contributed by atoms with E-state index in [9.17, 15) is 8.78 Å². The first-order valence-electron chi connectivity index (χ1n) is 11.0. The van der Waals surface area contributed by atoms with E-state index in [4.69, 9.17) is 14.2 Å². The van der Waals surface area contributed by atoms with Crippen LogP contribution in [0.2, 0.25) is 0 Å². The van der Waals surface area contributed by atoms with Crippen LogP contribution in [0.15, 0.2) is 71.9 Å². The van der Waals surface area contributed by atoms with Crippen LogP contribution in [-0.4, -0.2) is 62.0 Å². The molecule has 0 saturated carbocycles. The third-order valence-electron chi connectivity index (χ3n) is 5.38. The molecule has 1 aliphatic carbocycles. The number of anilines is 1. The first kappa shape index (κ1) is 27.0. The number of ether oxygens (including phenoxy) is 3. The minimum Gasteiger partial charge on any atom is -0.498 e. The van der Waals surface area contributed by atoms with E-state index in [0.717, 1.165) is 24.6 Å². The van der Waals surface area contributed by atoms with E-state index in [1.165, 1.54) is 27.3 Å². The maximum atomic E-state index is 14.6. The van der Waals surface area contributed by atoms with Gasteiger partial charge >= 0.3 is 0 Å². The summed E-state index contributed by atoms with van der Waals surface area (Å²) in [6.07, 6.45) is 10.8. The lowest BCUT2D eigenvalue weighted by Gasteiger charge is -2.20. The third-order valence-corrected chi connectivity index (χ3v) is 5.38. The van der Waals surface area contributed by atoms with Crippen LogP contribution in [0.4, 0.5) is 14.6 Å². The summed E-state index contributed by atoms with van der Waals surface area (Å²) >= 11 is 0. The molecular formula is C25H34F2N4O3. The molecule has 0 radical (unpaired) electrons. The molecule has 2 rings (SSSR count). The van der Waals surface area contributed by atoms with Gasteiger partial charge in [0.25, 0.3) is 0 Å². The first-order valence-corrected chi connectivity index (χ1v) is 11.0. The molecule has 34 heavy (non-hydrogen) atoms. The Bertz CT molecular complexity index is 940. The van der Waals surface area contributed by atoms with E-state index in [-0.39, 0.29) is 36.0 Å². The fourth-order valence-corrected chi connectivity index (χ4v) is 3.13. The molecule has 9 heteroatoms. The molecule has 1 N–H and O–H groups in total. The number of rotatable bonds is 12. The van der Waals surface area contributed by atoms with Gasteiger partial charge in [-0.15, -0.1) is 0 Å². The number of nitrogens with zero attached hydrogens (tertiary/aromatic N) is 3. The second-order valence-corrected chi connectivity index (χ2v) is 7.95. The van der Waals surface area contributed by atoms with Gasteiger partial charge in [0, 0.05) is 18.2 Å². The number of hydrogen-bond acceptors (Lipinski definition) is 7. The molecule has 2 atom stereocenters. The normalized spacial score (nSPS) is 17.9. The second-order valence-electron chi connectivity index (χ2n) is 7.95. The molecule has 1 heterocycles. The number of halogens is 2. The van der Waals surface area contributed by atoms with E-state index in [2.05, 4.69) is 53.0 Å². The summed E-state index contributed by atoms with van der Waals surface area (Å²) in [6, 6.07) is 0.462. The molecule has 0 bridgehead atoms. The number of alkyl halides is 1. The maximum absolute atomic E-state index is 14.6. The van der Waals surface area contributed by atoms with E-state index < -0.39 is 12.0 Å². The van der Waals surface area contributed by atoms with Crippen LogP contribution in [0.5, 0.6) is 5.88 Å². The van der Waals surface area contributed by atoms with Gasteiger partial charge in [-0.25, -0.2) is 18.7 Å². The van der Waals surface area contributed by atoms with Crippen molar-refractivity contribution in [3.05, 3.63) is 71.9 Å². The highest BCUT2D eigenvalue weighted by atomic mass is 19.1. The molecule has 7 nitrogen and oxygen atoms in total. The molecule has 0 amide bonds. The fourth-order valence-electron chi connectivity index (χ4n) is 3.13. The van der Waals surface area contributed by atoms with Gasteiger partial charge in [-0.2, -0.15) is 0 Å². The molecule has 0 aliphatic heterocycles. The second kappa shape index (κ2) is 13.5. The summed E-state index contributed by atoms with van der Waals surface area (Å²) in [5, 5.41) is 3.24. The Kier molecular flexibility index (Phi) is 10.7. The van der Waals surface area contributed by atoms with Crippen LogP contribution >= 0.6 is 0 Å². The highest BCUT2D eigenvalue weighted by Gasteiger charge is 2.16. The Morgan fingerprint density at radius 1 is 1.26 bits per heavy atom. The number of allylic oxidation sites excluding steroid dienone is 4. The van der Waals surface area contributed by atoms with Gasteiger partial charge in [-0.05, 0) is 51.6 Å². The monoisotopic (exact) mass is 476 g/mol. The van der Waals surface area contributed by atoms with Crippen LogP contribution in [0.1, 0.15) is 26.2 Å². The molecule has 0 fully saturated rings. The van der Waals surface area contributed by atoms with E-state index in [1.807, 2.05) is 6.08 Å². The zero-order valence-electron chi connectivity index (χ0n) is 20.5.